The Kier molecular flexibility index (Phi) is 9.13. The van der Waals surface area contributed by atoms with E-state index in [2.05, 4.69) is 19.2 Å². The van der Waals surface area contributed by atoms with E-state index in [9.17, 15) is 9.59 Å². The molecule has 1 rings (SSSR count). The quantitative estimate of drug-likeness (QED) is 0.684. The molecule has 2 atom stereocenters. The average Bonchev–Trinajstić information content (AvgIpc) is 2.54. The van der Waals surface area contributed by atoms with E-state index in [1.807, 2.05) is 4.90 Å². The van der Waals surface area contributed by atoms with E-state index >= 15 is 0 Å². The number of amides is 2. The Bertz CT molecular complexity index is 347. The van der Waals surface area contributed by atoms with Gasteiger partial charge in [-0.1, -0.05) is 26.7 Å². The molecule has 5 nitrogen and oxygen atoms in total. The van der Waals surface area contributed by atoms with Crippen molar-refractivity contribution < 1.29 is 9.59 Å². The Labute approximate surface area is 135 Å². The third-order valence-electron chi connectivity index (χ3n) is 4.56. The smallest absolute Gasteiger partial charge is 0.225 e. The molecule has 0 bridgehead atoms. The van der Waals surface area contributed by atoms with Crippen molar-refractivity contribution in [2.75, 3.05) is 19.6 Å². The van der Waals surface area contributed by atoms with Crippen LogP contribution in [0.5, 0.6) is 0 Å². The Morgan fingerprint density at radius 3 is 2.73 bits per heavy atom. The van der Waals surface area contributed by atoms with E-state index < -0.39 is 0 Å². The molecule has 1 aliphatic heterocycles. The lowest BCUT2D eigenvalue weighted by atomic mass is 9.94. The second-order valence-electron chi connectivity index (χ2n) is 6.27. The summed E-state index contributed by atoms with van der Waals surface area (Å²) >= 11 is 0. The topological polar surface area (TPSA) is 75.4 Å². The molecule has 0 aromatic rings. The molecule has 2 amide bonds. The minimum Gasteiger partial charge on any atom is -0.354 e. The number of hydrogen-bond donors (Lipinski definition) is 2. The van der Waals surface area contributed by atoms with Gasteiger partial charge in [0.1, 0.15) is 0 Å². The predicted octanol–water partition coefficient (Wildman–Crippen LogP) is 2.05. The van der Waals surface area contributed by atoms with Gasteiger partial charge in [-0.05, 0) is 32.1 Å². The average molecular weight is 311 g/mol. The minimum absolute atomic E-state index is 0.0153. The minimum atomic E-state index is -0.0153. The Balaban J connectivity index is 2.58. The highest BCUT2D eigenvalue weighted by Gasteiger charge is 2.30. The van der Waals surface area contributed by atoms with Crippen LogP contribution in [-0.4, -0.2) is 42.4 Å². The monoisotopic (exact) mass is 311 g/mol. The summed E-state index contributed by atoms with van der Waals surface area (Å²) in [7, 11) is 0. The highest BCUT2D eigenvalue weighted by Crippen LogP contribution is 2.23. The van der Waals surface area contributed by atoms with Crippen molar-refractivity contribution in [2.45, 2.75) is 71.3 Å². The number of unbranched alkanes of at least 4 members (excludes halogenated alkanes) is 1. The molecule has 1 aliphatic rings. The fourth-order valence-corrected chi connectivity index (χ4v) is 3.14. The molecule has 22 heavy (non-hydrogen) atoms. The number of nitrogens with two attached hydrogens (primary N) is 1. The standard InChI is InChI=1S/C17H33N3O2/c1-3-5-8-14(4-2)17(22)20-12-7-6-9-15(20)13-19-16(21)10-11-18/h14-15H,3-13,18H2,1-2H3,(H,19,21). The van der Waals surface area contributed by atoms with Crippen molar-refractivity contribution in [2.24, 2.45) is 11.7 Å². The van der Waals surface area contributed by atoms with E-state index in [0.29, 0.717) is 19.5 Å². The van der Waals surface area contributed by atoms with Crippen molar-refractivity contribution in [1.82, 2.24) is 10.2 Å². The maximum atomic E-state index is 12.8. The van der Waals surface area contributed by atoms with Gasteiger partial charge in [0.25, 0.3) is 0 Å². The molecular formula is C17H33N3O2. The number of hydrogen-bond acceptors (Lipinski definition) is 3. The molecular weight excluding hydrogens is 278 g/mol. The van der Waals surface area contributed by atoms with Crippen molar-refractivity contribution in [3.05, 3.63) is 0 Å². The molecule has 0 aromatic heterocycles. The highest BCUT2D eigenvalue weighted by molar-refractivity contribution is 5.79. The molecule has 0 radical (unpaired) electrons. The summed E-state index contributed by atoms with van der Waals surface area (Å²) in [4.78, 5) is 26.4. The normalized spacial score (nSPS) is 19.8. The van der Waals surface area contributed by atoms with Crippen molar-refractivity contribution in [1.29, 1.82) is 0 Å². The molecule has 1 heterocycles. The summed E-state index contributed by atoms with van der Waals surface area (Å²) in [6.45, 7) is 6.02. The summed E-state index contributed by atoms with van der Waals surface area (Å²) in [6.07, 6.45) is 7.66. The van der Waals surface area contributed by atoms with Crippen LogP contribution >= 0.6 is 0 Å². The van der Waals surface area contributed by atoms with Gasteiger partial charge in [-0.2, -0.15) is 0 Å². The summed E-state index contributed by atoms with van der Waals surface area (Å²) in [5.74, 6) is 0.410. The summed E-state index contributed by atoms with van der Waals surface area (Å²) in [5.41, 5.74) is 5.39. The fraction of sp³-hybridized carbons (Fsp3) is 0.882. The molecule has 0 saturated carbocycles. The van der Waals surface area contributed by atoms with Gasteiger partial charge in [0.15, 0.2) is 0 Å². The lowest BCUT2D eigenvalue weighted by Crippen LogP contribution is -2.51. The van der Waals surface area contributed by atoms with Crippen LogP contribution in [0.1, 0.15) is 65.2 Å². The molecule has 1 fully saturated rings. The van der Waals surface area contributed by atoms with E-state index in [1.54, 1.807) is 0 Å². The van der Waals surface area contributed by atoms with Gasteiger partial charge in [0, 0.05) is 38.0 Å². The van der Waals surface area contributed by atoms with Crippen LogP contribution in [0.3, 0.4) is 0 Å². The third kappa shape index (κ3) is 5.95. The summed E-state index contributed by atoms with van der Waals surface area (Å²) in [5, 5.41) is 2.93. The van der Waals surface area contributed by atoms with Crippen molar-refractivity contribution in [3.63, 3.8) is 0 Å². The maximum absolute atomic E-state index is 12.8. The van der Waals surface area contributed by atoms with Crippen LogP contribution in [0.2, 0.25) is 0 Å². The number of rotatable bonds is 9. The first kappa shape index (κ1) is 18.9. The summed E-state index contributed by atoms with van der Waals surface area (Å²) < 4.78 is 0. The second-order valence-corrected chi connectivity index (χ2v) is 6.27. The number of likely N-dealkylation sites (tertiary alicyclic amines) is 1. The van der Waals surface area contributed by atoms with Crippen molar-refractivity contribution >= 4 is 11.8 Å². The van der Waals surface area contributed by atoms with Crippen LogP contribution in [0.4, 0.5) is 0 Å². The van der Waals surface area contributed by atoms with Gasteiger partial charge in [0.2, 0.25) is 11.8 Å². The van der Waals surface area contributed by atoms with Crippen LogP contribution in [0, 0.1) is 5.92 Å². The number of carbonyl (C=O) groups excluding carboxylic acids is 2. The predicted molar refractivity (Wildman–Crippen MR) is 89.3 cm³/mol. The molecule has 2 unspecified atom stereocenters. The first-order valence-corrected chi connectivity index (χ1v) is 8.91. The molecule has 0 aliphatic carbocycles. The van der Waals surface area contributed by atoms with Gasteiger partial charge in [0.05, 0.1) is 0 Å². The number of nitrogens with zero attached hydrogens (tertiary/aromatic N) is 1. The van der Waals surface area contributed by atoms with E-state index in [1.165, 1.54) is 0 Å². The molecule has 0 aromatic carbocycles. The zero-order chi connectivity index (χ0) is 16.4. The first-order valence-electron chi connectivity index (χ1n) is 8.91. The Hall–Kier alpha value is -1.10. The maximum Gasteiger partial charge on any atom is 0.225 e. The third-order valence-corrected chi connectivity index (χ3v) is 4.56. The largest absolute Gasteiger partial charge is 0.354 e. The molecule has 1 saturated heterocycles. The van der Waals surface area contributed by atoms with Gasteiger partial charge in [-0.25, -0.2) is 0 Å². The lowest BCUT2D eigenvalue weighted by Gasteiger charge is -2.38. The number of carbonyl (C=O) groups is 2. The van der Waals surface area contributed by atoms with E-state index in [0.717, 1.165) is 51.5 Å². The highest BCUT2D eigenvalue weighted by atomic mass is 16.2. The zero-order valence-electron chi connectivity index (χ0n) is 14.3. The first-order chi connectivity index (χ1) is 10.6. The van der Waals surface area contributed by atoms with Crippen LogP contribution in [-0.2, 0) is 9.59 Å². The fourth-order valence-electron chi connectivity index (χ4n) is 3.14. The summed E-state index contributed by atoms with van der Waals surface area (Å²) in [6, 6.07) is 0.152. The van der Waals surface area contributed by atoms with E-state index in [-0.39, 0.29) is 23.8 Å². The van der Waals surface area contributed by atoms with Crippen LogP contribution in [0.25, 0.3) is 0 Å². The van der Waals surface area contributed by atoms with E-state index in [4.69, 9.17) is 5.73 Å². The molecule has 128 valence electrons. The molecule has 0 spiro atoms. The Morgan fingerprint density at radius 2 is 2.09 bits per heavy atom. The number of piperidine rings is 1. The molecule has 5 heteroatoms. The van der Waals surface area contributed by atoms with Gasteiger partial charge in [-0.15, -0.1) is 0 Å². The Morgan fingerprint density at radius 1 is 1.32 bits per heavy atom. The van der Waals surface area contributed by atoms with Gasteiger partial charge >= 0.3 is 0 Å². The lowest BCUT2D eigenvalue weighted by molar-refractivity contribution is -0.140. The van der Waals surface area contributed by atoms with Gasteiger partial charge in [-0.3, -0.25) is 9.59 Å². The number of nitrogens with one attached hydrogen (secondary N) is 1. The van der Waals surface area contributed by atoms with Crippen molar-refractivity contribution in [3.8, 4) is 0 Å². The molecule has 3 N–H and O–H groups in total. The van der Waals surface area contributed by atoms with Crippen LogP contribution in [0.15, 0.2) is 0 Å². The second kappa shape index (κ2) is 10.6. The van der Waals surface area contributed by atoms with Gasteiger partial charge < -0.3 is 16.0 Å². The van der Waals surface area contributed by atoms with Crippen LogP contribution < -0.4 is 11.1 Å². The zero-order valence-corrected chi connectivity index (χ0v) is 14.3. The SMILES string of the molecule is CCCCC(CC)C(=O)N1CCCCC1CNC(=O)CCN.